The molecule has 35 heavy (non-hydrogen) atoms. The molecule has 0 aromatic heterocycles. The zero-order chi connectivity index (χ0) is 25.0. The normalized spacial score (nSPS) is 17.7. The van der Waals surface area contributed by atoms with E-state index in [0.29, 0.717) is 32.4 Å². The molecule has 1 unspecified atom stereocenters. The minimum atomic E-state index is -1.26. The van der Waals surface area contributed by atoms with E-state index in [-0.39, 0.29) is 31.0 Å². The number of carboxylic acid groups (broad SMARTS) is 1. The van der Waals surface area contributed by atoms with Crippen molar-refractivity contribution in [2.45, 2.75) is 50.6 Å². The number of carbonyl (C=O) groups excluding carboxylic acids is 2. The van der Waals surface area contributed by atoms with Gasteiger partial charge < -0.3 is 20.5 Å². The highest BCUT2D eigenvalue weighted by Gasteiger charge is 2.34. The predicted octanol–water partition coefficient (Wildman–Crippen LogP) is 3.36. The van der Waals surface area contributed by atoms with Gasteiger partial charge in [-0.2, -0.15) is 0 Å². The molecule has 186 valence electrons. The molecule has 0 radical (unpaired) electrons. The van der Waals surface area contributed by atoms with E-state index in [0.717, 1.165) is 0 Å². The molecule has 3 N–H and O–H groups in total. The number of carboxylic acids is 1. The Bertz CT molecular complexity index is 1050. The minimum absolute atomic E-state index is 0.0214. The summed E-state index contributed by atoms with van der Waals surface area (Å²) in [5, 5.41) is 14.9. The number of ether oxygens (including phenoxy) is 1. The molecule has 1 atom stereocenters. The van der Waals surface area contributed by atoms with E-state index in [4.69, 9.17) is 4.74 Å². The number of alkyl carbamates (subject to hydrolysis) is 1. The number of likely N-dealkylation sites (tertiary alicyclic amines) is 1. The highest BCUT2D eigenvalue weighted by Crippen LogP contribution is 2.44. The van der Waals surface area contributed by atoms with Gasteiger partial charge in [0.2, 0.25) is 5.91 Å². The fourth-order valence-corrected chi connectivity index (χ4v) is 4.89. The Balaban J connectivity index is 1.23. The molecule has 1 aliphatic carbocycles. The first-order valence-electron chi connectivity index (χ1n) is 12.2. The van der Waals surface area contributed by atoms with Gasteiger partial charge in [-0.05, 0) is 48.4 Å². The van der Waals surface area contributed by atoms with Crippen LogP contribution in [0.3, 0.4) is 0 Å². The molecule has 8 heteroatoms. The van der Waals surface area contributed by atoms with Crippen LogP contribution in [-0.4, -0.2) is 65.8 Å². The van der Waals surface area contributed by atoms with Crippen molar-refractivity contribution in [1.82, 2.24) is 15.5 Å². The molecule has 2 amide bonds. The van der Waals surface area contributed by atoms with Gasteiger partial charge in [0.25, 0.3) is 0 Å². The van der Waals surface area contributed by atoms with Crippen molar-refractivity contribution in [2.24, 2.45) is 0 Å². The lowest BCUT2D eigenvalue weighted by atomic mass is 9.98. The number of amides is 2. The molecule has 1 heterocycles. The van der Waals surface area contributed by atoms with Crippen molar-refractivity contribution in [3.05, 3.63) is 59.7 Å². The summed E-state index contributed by atoms with van der Waals surface area (Å²) in [4.78, 5) is 38.2. The van der Waals surface area contributed by atoms with Crippen molar-refractivity contribution in [3.63, 3.8) is 0 Å². The summed E-state index contributed by atoms with van der Waals surface area (Å²) in [5.74, 6) is -1.33. The largest absolute Gasteiger partial charge is 0.480 e. The average molecular weight is 480 g/mol. The lowest BCUT2D eigenvalue weighted by Crippen LogP contribution is -2.55. The first-order valence-corrected chi connectivity index (χ1v) is 12.2. The summed E-state index contributed by atoms with van der Waals surface area (Å²) in [5.41, 5.74) is 3.47. The van der Waals surface area contributed by atoms with Gasteiger partial charge >= 0.3 is 12.1 Å². The van der Waals surface area contributed by atoms with Crippen LogP contribution in [0.2, 0.25) is 0 Å². The van der Waals surface area contributed by atoms with Crippen LogP contribution >= 0.6 is 0 Å². The number of nitrogens with zero attached hydrogens (tertiary/aromatic N) is 1. The fourth-order valence-electron chi connectivity index (χ4n) is 4.89. The zero-order valence-corrected chi connectivity index (χ0v) is 20.3. The predicted molar refractivity (Wildman–Crippen MR) is 132 cm³/mol. The van der Waals surface area contributed by atoms with Crippen molar-refractivity contribution in [1.29, 1.82) is 0 Å². The van der Waals surface area contributed by atoms with Gasteiger partial charge in [0.1, 0.15) is 12.1 Å². The summed E-state index contributed by atoms with van der Waals surface area (Å²) in [6.07, 6.45) is 1.27. The molecule has 2 aromatic rings. The number of rotatable bonds is 8. The number of hydrogen-bond donors (Lipinski definition) is 3. The van der Waals surface area contributed by atoms with E-state index in [1.165, 1.54) is 29.2 Å². The highest BCUT2D eigenvalue weighted by atomic mass is 16.5. The maximum absolute atomic E-state index is 12.5. The lowest BCUT2D eigenvalue weighted by molar-refractivity contribution is -0.147. The smallest absolute Gasteiger partial charge is 0.407 e. The summed E-state index contributed by atoms with van der Waals surface area (Å²) in [6, 6.07) is 16.4. The quantitative estimate of drug-likeness (QED) is 0.536. The van der Waals surface area contributed by atoms with Crippen LogP contribution in [0.5, 0.6) is 0 Å². The van der Waals surface area contributed by atoms with Crippen molar-refractivity contribution in [2.75, 3.05) is 26.2 Å². The van der Waals surface area contributed by atoms with Crippen LogP contribution in [0.4, 0.5) is 4.79 Å². The second-order valence-corrected chi connectivity index (χ2v) is 9.56. The average Bonchev–Trinajstić information content (AvgIpc) is 3.17. The van der Waals surface area contributed by atoms with Crippen LogP contribution in [0.1, 0.15) is 50.2 Å². The third kappa shape index (κ3) is 5.48. The molecule has 0 spiro atoms. The number of benzene rings is 2. The fraction of sp³-hybridized carbons (Fsp3) is 0.444. The number of nitrogens with one attached hydrogen (secondary N) is 2. The third-order valence-corrected chi connectivity index (χ3v) is 7.21. The van der Waals surface area contributed by atoms with E-state index in [1.54, 1.807) is 6.92 Å². The second-order valence-electron chi connectivity index (χ2n) is 9.56. The SMILES string of the molecule is CCC(C)(NC(=O)CN1CCC(NC(=O)OCC2c3ccccc3-c3ccccc32)CC1)C(=O)O. The van der Waals surface area contributed by atoms with E-state index < -0.39 is 17.6 Å². The van der Waals surface area contributed by atoms with Crippen LogP contribution in [-0.2, 0) is 14.3 Å². The molecular formula is C27H33N3O5. The van der Waals surface area contributed by atoms with E-state index in [2.05, 4.69) is 34.9 Å². The molecule has 1 aliphatic heterocycles. The Hall–Kier alpha value is -3.39. The van der Waals surface area contributed by atoms with Gasteiger partial charge in [-0.25, -0.2) is 9.59 Å². The van der Waals surface area contributed by atoms with Crippen molar-refractivity contribution >= 4 is 18.0 Å². The van der Waals surface area contributed by atoms with Crippen LogP contribution in [0.15, 0.2) is 48.5 Å². The molecule has 8 nitrogen and oxygen atoms in total. The molecule has 1 saturated heterocycles. The molecular weight excluding hydrogens is 446 g/mol. The van der Waals surface area contributed by atoms with Gasteiger partial charge in [-0.15, -0.1) is 0 Å². The van der Waals surface area contributed by atoms with Crippen LogP contribution in [0, 0.1) is 0 Å². The number of aliphatic carboxylic acids is 1. The molecule has 2 aliphatic rings. The van der Waals surface area contributed by atoms with Crippen molar-refractivity contribution < 1.29 is 24.2 Å². The van der Waals surface area contributed by atoms with Gasteiger partial charge in [0.15, 0.2) is 0 Å². The topological polar surface area (TPSA) is 108 Å². The number of hydrogen-bond acceptors (Lipinski definition) is 5. The van der Waals surface area contributed by atoms with E-state index in [1.807, 2.05) is 29.2 Å². The first kappa shape index (κ1) is 24.7. The molecule has 0 saturated carbocycles. The zero-order valence-electron chi connectivity index (χ0n) is 20.3. The minimum Gasteiger partial charge on any atom is -0.480 e. The van der Waals surface area contributed by atoms with Crippen LogP contribution < -0.4 is 10.6 Å². The van der Waals surface area contributed by atoms with Crippen LogP contribution in [0.25, 0.3) is 11.1 Å². The standard InChI is InChI=1S/C27H33N3O5/c1-3-27(2,25(32)33)29-24(31)16-30-14-12-18(13-15-30)28-26(34)35-17-23-21-10-6-4-8-19(21)20-9-5-7-11-22(20)23/h4-11,18,23H,3,12-17H2,1-2H3,(H,28,34)(H,29,31)(H,32,33). The summed E-state index contributed by atoms with van der Waals surface area (Å²) < 4.78 is 5.64. The van der Waals surface area contributed by atoms with Crippen molar-refractivity contribution in [3.8, 4) is 11.1 Å². The third-order valence-electron chi connectivity index (χ3n) is 7.21. The Morgan fingerprint density at radius 1 is 1.03 bits per heavy atom. The highest BCUT2D eigenvalue weighted by molar-refractivity contribution is 5.87. The summed E-state index contributed by atoms with van der Waals surface area (Å²) >= 11 is 0. The molecule has 0 bridgehead atoms. The Kier molecular flexibility index (Phi) is 7.40. The summed E-state index contributed by atoms with van der Waals surface area (Å²) in [6.45, 7) is 4.93. The lowest BCUT2D eigenvalue weighted by Gasteiger charge is -2.33. The molecule has 2 aromatic carbocycles. The number of piperidine rings is 1. The summed E-state index contributed by atoms with van der Waals surface area (Å²) in [7, 11) is 0. The number of fused-ring (bicyclic) bond motifs is 3. The van der Waals surface area contributed by atoms with Gasteiger partial charge in [-0.1, -0.05) is 55.5 Å². The Morgan fingerprint density at radius 2 is 1.60 bits per heavy atom. The second kappa shape index (κ2) is 10.5. The van der Waals surface area contributed by atoms with Gasteiger partial charge in [-0.3, -0.25) is 9.69 Å². The van der Waals surface area contributed by atoms with Gasteiger partial charge in [0, 0.05) is 25.0 Å². The maximum Gasteiger partial charge on any atom is 0.407 e. The van der Waals surface area contributed by atoms with E-state index >= 15 is 0 Å². The molecule has 4 rings (SSSR count). The maximum atomic E-state index is 12.5. The van der Waals surface area contributed by atoms with Gasteiger partial charge in [0.05, 0.1) is 6.54 Å². The Labute approximate surface area is 205 Å². The Morgan fingerprint density at radius 3 is 2.14 bits per heavy atom. The molecule has 1 fully saturated rings. The number of carbonyl (C=O) groups is 3. The first-order chi connectivity index (χ1) is 16.8. The monoisotopic (exact) mass is 479 g/mol. The van der Waals surface area contributed by atoms with E-state index in [9.17, 15) is 19.5 Å².